The van der Waals surface area contributed by atoms with Gasteiger partial charge in [0.1, 0.15) is 5.82 Å². The third kappa shape index (κ3) is 7.74. The van der Waals surface area contributed by atoms with Crippen LogP contribution >= 0.6 is 35.7 Å². The molecule has 0 unspecified atom stereocenters. The molecule has 6 heteroatoms. The molecule has 0 aliphatic rings. The highest BCUT2D eigenvalue weighted by Gasteiger charge is 2.01. The van der Waals surface area contributed by atoms with Crippen molar-refractivity contribution >= 4 is 41.7 Å². The maximum atomic E-state index is 13.4. The van der Waals surface area contributed by atoms with Crippen LogP contribution in [0.5, 0.6) is 0 Å². The van der Waals surface area contributed by atoms with Crippen molar-refractivity contribution in [3.63, 3.8) is 0 Å². The highest BCUT2D eigenvalue weighted by molar-refractivity contribution is 14.0. The summed E-state index contributed by atoms with van der Waals surface area (Å²) >= 11 is 1.80. The molecule has 0 radical (unpaired) electrons. The summed E-state index contributed by atoms with van der Waals surface area (Å²) in [7, 11) is 1.70. The second-order valence-electron chi connectivity index (χ2n) is 3.81. The zero-order valence-corrected chi connectivity index (χ0v) is 14.7. The van der Waals surface area contributed by atoms with Gasteiger partial charge >= 0.3 is 0 Å². The topological polar surface area (TPSA) is 36.4 Å². The maximum Gasteiger partial charge on any atom is 0.191 e. The first-order valence-electron chi connectivity index (χ1n) is 6.14. The predicted octanol–water partition coefficient (Wildman–Crippen LogP) is 3.03. The van der Waals surface area contributed by atoms with Gasteiger partial charge in [0, 0.05) is 37.2 Å². The van der Waals surface area contributed by atoms with Crippen LogP contribution in [-0.2, 0) is 6.54 Å². The van der Waals surface area contributed by atoms with Gasteiger partial charge in [0.05, 0.1) is 0 Å². The van der Waals surface area contributed by atoms with Crippen LogP contribution in [0.1, 0.15) is 5.56 Å². The van der Waals surface area contributed by atoms with Crippen molar-refractivity contribution in [2.75, 3.05) is 25.1 Å². The number of nitrogens with one attached hydrogen (secondary N) is 2. The molecule has 0 spiro atoms. The van der Waals surface area contributed by atoms with Crippen molar-refractivity contribution < 1.29 is 4.39 Å². The summed E-state index contributed by atoms with van der Waals surface area (Å²) < 4.78 is 13.4. The Morgan fingerprint density at radius 1 is 1.40 bits per heavy atom. The lowest BCUT2D eigenvalue weighted by molar-refractivity contribution is 0.605. The van der Waals surface area contributed by atoms with Crippen molar-refractivity contribution in [3.8, 4) is 0 Å². The second kappa shape index (κ2) is 12.0. The number of thioether (sulfide) groups is 1. The molecular weight excluding hydrogens is 388 g/mol. The van der Waals surface area contributed by atoms with Gasteiger partial charge in [-0.15, -0.1) is 30.6 Å². The average Bonchev–Trinajstić information content (AvgIpc) is 2.43. The Labute approximate surface area is 141 Å². The lowest BCUT2D eigenvalue weighted by Crippen LogP contribution is -2.38. The molecule has 20 heavy (non-hydrogen) atoms. The number of halogens is 2. The molecule has 0 aliphatic carbocycles. The van der Waals surface area contributed by atoms with E-state index in [-0.39, 0.29) is 29.8 Å². The molecule has 2 N–H and O–H groups in total. The van der Waals surface area contributed by atoms with Gasteiger partial charge in [0.2, 0.25) is 0 Å². The summed E-state index contributed by atoms with van der Waals surface area (Å²) in [5.74, 6) is 2.41. The summed E-state index contributed by atoms with van der Waals surface area (Å²) in [5, 5.41) is 6.27. The van der Waals surface area contributed by atoms with Gasteiger partial charge < -0.3 is 10.6 Å². The van der Waals surface area contributed by atoms with E-state index in [0.717, 1.165) is 18.1 Å². The SMILES string of the molecule is C=CCSCCNC(=NC)NCc1ccccc1F.I. The number of rotatable bonds is 7. The van der Waals surface area contributed by atoms with Gasteiger partial charge in [-0.25, -0.2) is 4.39 Å². The maximum absolute atomic E-state index is 13.4. The second-order valence-corrected chi connectivity index (χ2v) is 4.96. The molecular formula is C14H21FIN3S. The fraction of sp³-hybridized carbons (Fsp3) is 0.357. The third-order valence-electron chi connectivity index (χ3n) is 2.40. The molecule has 0 aromatic heterocycles. The summed E-state index contributed by atoms with van der Waals surface area (Å²) in [4.78, 5) is 4.09. The minimum absolute atomic E-state index is 0. The van der Waals surface area contributed by atoms with Crippen molar-refractivity contribution in [1.82, 2.24) is 10.6 Å². The normalized spacial score (nSPS) is 10.6. The Balaban J connectivity index is 0.00000361. The molecule has 0 aliphatic heterocycles. The van der Waals surface area contributed by atoms with Gasteiger partial charge in [0.25, 0.3) is 0 Å². The molecule has 1 aromatic rings. The van der Waals surface area contributed by atoms with Gasteiger partial charge in [-0.1, -0.05) is 24.3 Å². The molecule has 0 bridgehead atoms. The van der Waals surface area contributed by atoms with E-state index >= 15 is 0 Å². The van der Waals surface area contributed by atoms with Crippen molar-refractivity contribution in [3.05, 3.63) is 48.3 Å². The van der Waals surface area contributed by atoms with Crippen LogP contribution in [0.4, 0.5) is 4.39 Å². The molecule has 1 aromatic carbocycles. The van der Waals surface area contributed by atoms with Gasteiger partial charge in [-0.05, 0) is 6.07 Å². The standard InChI is InChI=1S/C14H20FN3S.HI/c1-3-9-19-10-8-17-14(16-2)18-11-12-6-4-5-7-13(12)15;/h3-7H,1,8-11H2,2H3,(H2,16,17,18);1H. The van der Waals surface area contributed by atoms with Crippen LogP contribution in [-0.4, -0.2) is 31.1 Å². The first-order valence-corrected chi connectivity index (χ1v) is 7.30. The molecule has 1 rings (SSSR count). The first-order chi connectivity index (χ1) is 9.27. The third-order valence-corrected chi connectivity index (χ3v) is 3.37. The summed E-state index contributed by atoms with van der Waals surface area (Å²) in [6, 6.07) is 6.72. The van der Waals surface area contributed by atoms with Gasteiger partial charge in [-0.3, -0.25) is 4.99 Å². The lowest BCUT2D eigenvalue weighted by Gasteiger charge is -2.12. The smallest absolute Gasteiger partial charge is 0.191 e. The number of aliphatic imine (C=N–C) groups is 1. The summed E-state index contributed by atoms with van der Waals surface area (Å²) in [6.45, 7) is 4.91. The molecule has 0 saturated carbocycles. The number of nitrogens with zero attached hydrogens (tertiary/aromatic N) is 1. The number of guanidine groups is 1. The zero-order valence-electron chi connectivity index (χ0n) is 11.6. The Hall–Kier alpha value is -0.760. The molecule has 0 saturated heterocycles. The molecule has 112 valence electrons. The first kappa shape index (κ1) is 19.2. The van der Waals surface area contributed by atoms with Crippen LogP contribution in [0.25, 0.3) is 0 Å². The van der Waals surface area contributed by atoms with Crippen LogP contribution in [0, 0.1) is 5.82 Å². The molecule has 0 heterocycles. The Bertz CT molecular complexity index is 427. The van der Waals surface area contributed by atoms with Crippen LogP contribution in [0.3, 0.4) is 0 Å². The van der Waals surface area contributed by atoms with E-state index in [0.29, 0.717) is 18.1 Å². The van der Waals surface area contributed by atoms with E-state index in [9.17, 15) is 4.39 Å². The molecule has 0 fully saturated rings. The Kier molecular flexibility index (Phi) is 11.6. The highest BCUT2D eigenvalue weighted by Crippen LogP contribution is 2.05. The number of benzene rings is 1. The Morgan fingerprint density at radius 2 is 2.15 bits per heavy atom. The average molecular weight is 409 g/mol. The monoisotopic (exact) mass is 409 g/mol. The molecule has 0 atom stereocenters. The lowest BCUT2D eigenvalue weighted by atomic mass is 10.2. The minimum atomic E-state index is -0.202. The van der Waals surface area contributed by atoms with E-state index in [4.69, 9.17) is 0 Å². The van der Waals surface area contributed by atoms with Crippen molar-refractivity contribution in [2.24, 2.45) is 4.99 Å². The van der Waals surface area contributed by atoms with Gasteiger partial charge in [-0.2, -0.15) is 11.8 Å². The van der Waals surface area contributed by atoms with Crippen molar-refractivity contribution in [1.29, 1.82) is 0 Å². The van der Waals surface area contributed by atoms with Crippen LogP contribution in [0.15, 0.2) is 41.9 Å². The summed E-state index contributed by atoms with van der Waals surface area (Å²) in [5.41, 5.74) is 0.631. The molecule has 3 nitrogen and oxygen atoms in total. The zero-order chi connectivity index (χ0) is 13.9. The largest absolute Gasteiger partial charge is 0.356 e. The van der Waals surface area contributed by atoms with Crippen molar-refractivity contribution in [2.45, 2.75) is 6.54 Å². The van der Waals surface area contributed by atoms with E-state index in [1.165, 1.54) is 6.07 Å². The highest BCUT2D eigenvalue weighted by atomic mass is 127. The minimum Gasteiger partial charge on any atom is -0.356 e. The Morgan fingerprint density at radius 3 is 2.80 bits per heavy atom. The van der Waals surface area contributed by atoms with Crippen LogP contribution in [0.2, 0.25) is 0 Å². The molecule has 0 amide bonds. The quantitative estimate of drug-likeness (QED) is 0.239. The summed E-state index contributed by atoms with van der Waals surface area (Å²) in [6.07, 6.45) is 1.88. The fourth-order valence-electron chi connectivity index (χ4n) is 1.45. The van der Waals surface area contributed by atoms with E-state index < -0.39 is 0 Å². The fourth-order valence-corrected chi connectivity index (χ4v) is 2.03. The van der Waals surface area contributed by atoms with Gasteiger partial charge in [0.15, 0.2) is 5.96 Å². The predicted molar refractivity (Wildman–Crippen MR) is 97.5 cm³/mol. The van der Waals surface area contributed by atoms with E-state index in [1.54, 1.807) is 30.9 Å². The van der Waals surface area contributed by atoms with E-state index in [1.807, 2.05) is 12.1 Å². The van der Waals surface area contributed by atoms with Crippen LogP contribution < -0.4 is 10.6 Å². The number of hydrogen-bond acceptors (Lipinski definition) is 2. The van der Waals surface area contributed by atoms with E-state index in [2.05, 4.69) is 22.2 Å². The number of hydrogen-bond donors (Lipinski definition) is 2.